The Bertz CT molecular complexity index is 1400. The molecule has 5 rings (SSSR count). The summed E-state index contributed by atoms with van der Waals surface area (Å²) in [4.78, 5) is 11.2. The molecule has 0 spiro atoms. The lowest BCUT2D eigenvalue weighted by atomic mass is 9.98. The second-order valence-electron chi connectivity index (χ2n) is 9.68. The number of fused-ring (bicyclic) bond motifs is 1. The van der Waals surface area contributed by atoms with Gasteiger partial charge >= 0.3 is 0 Å². The van der Waals surface area contributed by atoms with Crippen molar-refractivity contribution in [1.82, 2.24) is 24.6 Å². The molecule has 192 valence electrons. The van der Waals surface area contributed by atoms with Crippen molar-refractivity contribution in [3.63, 3.8) is 0 Å². The van der Waals surface area contributed by atoms with Crippen LogP contribution in [0.2, 0.25) is 5.02 Å². The van der Waals surface area contributed by atoms with Crippen LogP contribution in [-0.4, -0.2) is 58.0 Å². The molecule has 0 radical (unpaired) electrons. The molecule has 1 aromatic carbocycles. The van der Waals surface area contributed by atoms with Gasteiger partial charge in [0.15, 0.2) is 5.82 Å². The van der Waals surface area contributed by atoms with Crippen LogP contribution in [0.4, 0.5) is 23.1 Å². The maximum Gasteiger partial charge on any atom is 0.229 e. The first-order valence-electron chi connectivity index (χ1n) is 12.0. The zero-order chi connectivity index (χ0) is 25.6. The highest BCUT2D eigenvalue weighted by Crippen LogP contribution is 2.37. The average Bonchev–Trinajstić information content (AvgIpc) is 3.55. The van der Waals surface area contributed by atoms with Crippen LogP contribution in [0.15, 0.2) is 29.6 Å². The Kier molecular flexibility index (Phi) is 6.56. The Labute approximate surface area is 215 Å². The SMILES string of the molecule is CC(C)S(=O)(=O)c1nn(C)cc1Nc1nc(Nc2cc3c(cc2OC2CC2)CN(C)CC3)ncc1Cl. The summed E-state index contributed by atoms with van der Waals surface area (Å²) in [6.07, 6.45) is 6.35. The molecule has 1 aliphatic carbocycles. The second-order valence-corrected chi connectivity index (χ2v) is 12.5. The first-order chi connectivity index (χ1) is 17.1. The van der Waals surface area contributed by atoms with Crippen molar-refractivity contribution in [3.8, 4) is 5.75 Å². The van der Waals surface area contributed by atoms with Crippen LogP contribution in [0, 0.1) is 0 Å². The minimum atomic E-state index is -3.62. The average molecular weight is 532 g/mol. The lowest BCUT2D eigenvalue weighted by Crippen LogP contribution is -2.26. The lowest BCUT2D eigenvalue weighted by Gasteiger charge is -2.26. The number of sulfone groups is 1. The van der Waals surface area contributed by atoms with E-state index in [0.717, 1.165) is 43.8 Å². The van der Waals surface area contributed by atoms with Crippen molar-refractivity contribution in [2.45, 2.75) is 56.0 Å². The number of likely N-dealkylation sites (N-methyl/N-ethyl adjacent to an activating group) is 1. The van der Waals surface area contributed by atoms with Gasteiger partial charge in [-0.2, -0.15) is 10.1 Å². The molecule has 12 heteroatoms. The highest BCUT2D eigenvalue weighted by molar-refractivity contribution is 7.92. The van der Waals surface area contributed by atoms with Gasteiger partial charge in [0.05, 0.1) is 28.9 Å². The normalized spacial score (nSPS) is 16.2. The van der Waals surface area contributed by atoms with Crippen LogP contribution < -0.4 is 15.4 Å². The summed E-state index contributed by atoms with van der Waals surface area (Å²) in [6, 6.07) is 4.22. The summed E-state index contributed by atoms with van der Waals surface area (Å²) in [7, 11) is 0.160. The van der Waals surface area contributed by atoms with Crippen LogP contribution in [0.1, 0.15) is 37.8 Å². The first kappa shape index (κ1) is 24.8. The maximum absolute atomic E-state index is 12.8. The smallest absolute Gasteiger partial charge is 0.229 e. The van der Waals surface area contributed by atoms with E-state index in [4.69, 9.17) is 16.3 Å². The fraction of sp³-hybridized carbons (Fsp3) is 0.458. The molecule has 1 saturated carbocycles. The number of aryl methyl sites for hydroxylation is 1. The molecular formula is C24H30ClN7O3S. The van der Waals surface area contributed by atoms with Gasteiger partial charge in [0.1, 0.15) is 10.8 Å². The number of nitrogens with zero attached hydrogens (tertiary/aromatic N) is 5. The fourth-order valence-electron chi connectivity index (χ4n) is 4.04. The third-order valence-corrected chi connectivity index (χ3v) is 8.61. The van der Waals surface area contributed by atoms with Gasteiger partial charge in [0.25, 0.3) is 0 Å². The van der Waals surface area contributed by atoms with Crippen molar-refractivity contribution in [2.75, 3.05) is 24.2 Å². The standard InChI is InChI=1S/C24H30ClN7O3S/c1-14(2)36(33,34)23-20(13-32(4)30-23)27-22-18(25)11-26-24(29-22)28-19-9-15-7-8-31(3)12-16(15)10-21(19)35-17-5-6-17/h9-11,13-14,17H,5-8,12H2,1-4H3,(H2,26,27,28,29). The third kappa shape index (κ3) is 5.14. The fourth-order valence-corrected chi connectivity index (χ4v) is 5.28. The zero-order valence-electron chi connectivity index (χ0n) is 20.7. The monoisotopic (exact) mass is 531 g/mol. The van der Waals surface area contributed by atoms with Crippen molar-refractivity contribution in [1.29, 1.82) is 0 Å². The Hall–Kier alpha value is -2.89. The van der Waals surface area contributed by atoms with E-state index in [1.54, 1.807) is 27.1 Å². The van der Waals surface area contributed by atoms with E-state index in [9.17, 15) is 8.42 Å². The van der Waals surface area contributed by atoms with Gasteiger partial charge in [-0.3, -0.25) is 4.68 Å². The molecule has 10 nitrogen and oxygen atoms in total. The van der Waals surface area contributed by atoms with E-state index in [2.05, 4.69) is 49.8 Å². The van der Waals surface area contributed by atoms with Crippen molar-refractivity contribution in [3.05, 3.63) is 40.7 Å². The van der Waals surface area contributed by atoms with Gasteiger partial charge in [0, 0.05) is 26.3 Å². The molecule has 0 unspecified atom stereocenters. The molecule has 2 aromatic heterocycles. The molecular weight excluding hydrogens is 502 g/mol. The van der Waals surface area contributed by atoms with Gasteiger partial charge < -0.3 is 20.3 Å². The Morgan fingerprint density at radius 3 is 2.64 bits per heavy atom. The van der Waals surface area contributed by atoms with Gasteiger partial charge in [-0.25, -0.2) is 13.4 Å². The van der Waals surface area contributed by atoms with Crippen molar-refractivity contribution in [2.24, 2.45) is 7.05 Å². The number of aromatic nitrogens is 4. The predicted octanol–water partition coefficient (Wildman–Crippen LogP) is 4.06. The van der Waals surface area contributed by atoms with Crippen LogP contribution in [0.25, 0.3) is 0 Å². The Morgan fingerprint density at radius 1 is 1.14 bits per heavy atom. The second kappa shape index (κ2) is 9.53. The Morgan fingerprint density at radius 2 is 1.92 bits per heavy atom. The number of nitrogens with one attached hydrogen (secondary N) is 2. The van der Waals surface area contributed by atoms with Crippen LogP contribution >= 0.6 is 11.6 Å². The molecule has 1 fully saturated rings. The lowest BCUT2D eigenvalue weighted by molar-refractivity contribution is 0.296. The summed E-state index contributed by atoms with van der Waals surface area (Å²) in [5.74, 6) is 1.36. The highest BCUT2D eigenvalue weighted by atomic mass is 35.5. The maximum atomic E-state index is 12.8. The number of rotatable bonds is 8. The molecule has 0 bridgehead atoms. The number of ether oxygens (including phenoxy) is 1. The Balaban J connectivity index is 1.45. The molecule has 0 saturated heterocycles. The number of halogens is 1. The number of hydrogen-bond donors (Lipinski definition) is 2. The summed E-state index contributed by atoms with van der Waals surface area (Å²) < 4.78 is 33.3. The molecule has 2 N–H and O–H groups in total. The van der Waals surface area contributed by atoms with E-state index >= 15 is 0 Å². The van der Waals surface area contributed by atoms with Crippen LogP contribution in [0.5, 0.6) is 5.75 Å². The zero-order valence-corrected chi connectivity index (χ0v) is 22.3. The summed E-state index contributed by atoms with van der Waals surface area (Å²) in [6.45, 7) is 5.11. The minimum absolute atomic E-state index is 0.0519. The molecule has 0 amide bonds. The first-order valence-corrected chi connectivity index (χ1v) is 13.9. The molecule has 3 heterocycles. The molecule has 3 aromatic rings. The summed E-state index contributed by atoms with van der Waals surface area (Å²) in [5, 5.41) is 10.1. The van der Waals surface area contributed by atoms with E-state index in [0.29, 0.717) is 11.6 Å². The van der Waals surface area contributed by atoms with Gasteiger partial charge in [0.2, 0.25) is 20.8 Å². The van der Waals surface area contributed by atoms with Gasteiger partial charge in [-0.1, -0.05) is 11.6 Å². The van der Waals surface area contributed by atoms with E-state index in [-0.39, 0.29) is 22.0 Å². The quantitative estimate of drug-likeness (QED) is 0.444. The topological polar surface area (TPSA) is 114 Å². The summed E-state index contributed by atoms with van der Waals surface area (Å²) in [5.41, 5.74) is 3.63. The van der Waals surface area contributed by atoms with Gasteiger partial charge in [-0.15, -0.1) is 0 Å². The molecule has 1 aliphatic heterocycles. The predicted molar refractivity (Wildman–Crippen MR) is 139 cm³/mol. The van der Waals surface area contributed by atoms with E-state index < -0.39 is 15.1 Å². The summed E-state index contributed by atoms with van der Waals surface area (Å²) >= 11 is 6.38. The van der Waals surface area contributed by atoms with E-state index in [1.807, 2.05) is 0 Å². The largest absolute Gasteiger partial charge is 0.488 e. The van der Waals surface area contributed by atoms with Crippen LogP contribution in [0.3, 0.4) is 0 Å². The molecule has 2 aliphatic rings. The van der Waals surface area contributed by atoms with Crippen molar-refractivity contribution >= 4 is 44.6 Å². The number of benzene rings is 1. The van der Waals surface area contributed by atoms with Crippen LogP contribution in [-0.2, 0) is 29.9 Å². The third-order valence-electron chi connectivity index (χ3n) is 6.25. The highest BCUT2D eigenvalue weighted by Gasteiger charge is 2.28. The molecule has 0 atom stereocenters. The van der Waals surface area contributed by atoms with Crippen molar-refractivity contribution < 1.29 is 13.2 Å². The number of hydrogen-bond acceptors (Lipinski definition) is 9. The van der Waals surface area contributed by atoms with Gasteiger partial charge in [-0.05, 0) is 63.4 Å². The minimum Gasteiger partial charge on any atom is -0.488 e. The molecule has 36 heavy (non-hydrogen) atoms. The number of anilines is 4. The van der Waals surface area contributed by atoms with E-state index in [1.165, 1.54) is 22.0 Å².